The molecule has 0 amide bonds. The lowest BCUT2D eigenvalue weighted by Gasteiger charge is -2.21. The third-order valence-corrected chi connectivity index (χ3v) is 2.98. The van der Waals surface area contributed by atoms with Gasteiger partial charge < -0.3 is 4.74 Å². The summed E-state index contributed by atoms with van der Waals surface area (Å²) < 4.78 is 5.37. The zero-order chi connectivity index (χ0) is 14.1. The minimum atomic E-state index is -0.402. The molecule has 1 heterocycles. The van der Waals surface area contributed by atoms with Crippen LogP contribution in [0.4, 0.5) is 0 Å². The third-order valence-electron chi connectivity index (χ3n) is 2.98. The largest absolute Gasteiger partial charge is 0.459 e. The van der Waals surface area contributed by atoms with Crippen molar-refractivity contribution in [2.75, 3.05) is 6.54 Å². The van der Waals surface area contributed by atoms with E-state index in [0.717, 1.165) is 0 Å². The van der Waals surface area contributed by atoms with E-state index in [0.29, 0.717) is 18.6 Å². The number of carbonyl (C=O) groups is 1. The molecule has 0 bridgehead atoms. The van der Waals surface area contributed by atoms with Gasteiger partial charge in [-0.15, -0.1) is 0 Å². The topological polar surface area (TPSA) is 29.3 Å². The van der Waals surface area contributed by atoms with Crippen LogP contribution in [0.5, 0.6) is 0 Å². The van der Waals surface area contributed by atoms with Crippen LogP contribution >= 0.6 is 0 Å². The van der Waals surface area contributed by atoms with Gasteiger partial charge in [-0.05, 0) is 33.1 Å². The van der Waals surface area contributed by atoms with Gasteiger partial charge in [-0.25, -0.2) is 0 Å². The van der Waals surface area contributed by atoms with E-state index in [-0.39, 0.29) is 11.4 Å². The van der Waals surface area contributed by atoms with Crippen molar-refractivity contribution < 1.29 is 9.53 Å². The summed E-state index contributed by atoms with van der Waals surface area (Å²) in [6.07, 6.45) is 4.22. The first-order chi connectivity index (χ1) is 8.06. The molecule has 0 saturated carbocycles. The lowest BCUT2D eigenvalue weighted by molar-refractivity contribution is -0.155. The standard InChI is InChI=1S/C15H27NO2/c1-8-9-11-13(14(2,3)4)16(11)10-12(17)18-15(5,6)7/h8-9,11,13H,10H2,1-7H3/b9-8+/t11-,13+,16?/m1/s1. The van der Waals surface area contributed by atoms with E-state index in [2.05, 4.69) is 37.8 Å². The average Bonchev–Trinajstić information content (AvgIpc) is 2.74. The molecule has 0 aromatic carbocycles. The zero-order valence-corrected chi connectivity index (χ0v) is 12.8. The second kappa shape index (κ2) is 5.04. The Kier molecular flexibility index (Phi) is 4.26. The smallest absolute Gasteiger partial charge is 0.320 e. The molecule has 0 aromatic heterocycles. The van der Waals surface area contributed by atoms with Crippen molar-refractivity contribution in [2.24, 2.45) is 5.41 Å². The second-order valence-electron chi connectivity index (χ2n) is 7.09. The molecule has 1 fully saturated rings. The summed E-state index contributed by atoms with van der Waals surface area (Å²) in [6, 6.07) is 0.809. The first kappa shape index (κ1) is 15.2. The van der Waals surface area contributed by atoms with E-state index >= 15 is 0 Å². The fourth-order valence-electron chi connectivity index (χ4n) is 2.45. The number of carbonyl (C=O) groups excluding carboxylic acids is 1. The van der Waals surface area contributed by atoms with Crippen molar-refractivity contribution in [3.8, 4) is 0 Å². The van der Waals surface area contributed by atoms with Crippen molar-refractivity contribution >= 4 is 5.97 Å². The lowest BCUT2D eigenvalue weighted by Crippen LogP contribution is -2.30. The molecule has 3 nitrogen and oxygen atoms in total. The molecule has 104 valence electrons. The predicted octanol–water partition coefficient (Wildman–Crippen LogP) is 3.00. The Morgan fingerprint density at radius 2 is 1.78 bits per heavy atom. The van der Waals surface area contributed by atoms with Crippen LogP contribution < -0.4 is 0 Å². The lowest BCUT2D eigenvalue weighted by atomic mass is 9.90. The number of hydrogen-bond donors (Lipinski definition) is 0. The van der Waals surface area contributed by atoms with Gasteiger partial charge in [0.1, 0.15) is 5.60 Å². The molecule has 0 spiro atoms. The summed E-state index contributed by atoms with van der Waals surface area (Å²) in [5.41, 5.74) is -0.216. The number of rotatable bonds is 3. The maximum atomic E-state index is 11.8. The minimum absolute atomic E-state index is 0.135. The maximum Gasteiger partial charge on any atom is 0.320 e. The van der Waals surface area contributed by atoms with Crippen LogP contribution in [0, 0.1) is 5.41 Å². The van der Waals surface area contributed by atoms with Gasteiger partial charge in [0.25, 0.3) is 0 Å². The van der Waals surface area contributed by atoms with E-state index in [1.807, 2.05) is 27.7 Å². The van der Waals surface area contributed by atoms with E-state index in [1.165, 1.54) is 0 Å². The number of ether oxygens (including phenoxy) is 1. The molecule has 0 radical (unpaired) electrons. The van der Waals surface area contributed by atoms with E-state index in [4.69, 9.17) is 4.74 Å². The van der Waals surface area contributed by atoms with Crippen molar-refractivity contribution in [1.29, 1.82) is 0 Å². The van der Waals surface area contributed by atoms with Gasteiger partial charge in [0.05, 0.1) is 6.54 Å². The molecule has 18 heavy (non-hydrogen) atoms. The molecule has 1 rings (SSSR count). The fraction of sp³-hybridized carbons (Fsp3) is 0.800. The minimum Gasteiger partial charge on any atom is -0.459 e. The van der Waals surface area contributed by atoms with Crippen LogP contribution in [0.25, 0.3) is 0 Å². The summed E-state index contributed by atoms with van der Waals surface area (Å²) in [6.45, 7) is 14.7. The number of esters is 1. The Hall–Kier alpha value is -0.830. The van der Waals surface area contributed by atoms with E-state index in [9.17, 15) is 4.79 Å². The quantitative estimate of drug-likeness (QED) is 0.440. The number of allylic oxidation sites excluding steroid dienone is 1. The van der Waals surface area contributed by atoms with Crippen LogP contribution in [0.15, 0.2) is 12.2 Å². The monoisotopic (exact) mass is 253 g/mol. The van der Waals surface area contributed by atoms with Crippen molar-refractivity contribution in [3.63, 3.8) is 0 Å². The third kappa shape index (κ3) is 4.13. The number of hydrogen-bond acceptors (Lipinski definition) is 3. The molecule has 1 aliphatic rings. The molecule has 3 heteroatoms. The first-order valence-electron chi connectivity index (χ1n) is 6.66. The normalized spacial score (nSPS) is 28.5. The summed E-state index contributed by atoms with van der Waals surface area (Å²) in [5, 5.41) is 0. The Balaban J connectivity index is 2.60. The Morgan fingerprint density at radius 1 is 1.22 bits per heavy atom. The first-order valence-corrected chi connectivity index (χ1v) is 6.66. The molecule has 1 saturated heterocycles. The van der Waals surface area contributed by atoms with Crippen molar-refractivity contribution in [3.05, 3.63) is 12.2 Å². The van der Waals surface area contributed by atoms with Crippen LogP contribution in [-0.4, -0.2) is 35.1 Å². The van der Waals surface area contributed by atoms with E-state index < -0.39 is 5.60 Å². The van der Waals surface area contributed by atoms with Gasteiger partial charge in [0.15, 0.2) is 0 Å². The Labute approximate surface area is 111 Å². The van der Waals surface area contributed by atoms with Crippen molar-refractivity contribution in [2.45, 2.75) is 66.2 Å². The molecule has 1 unspecified atom stereocenters. The highest BCUT2D eigenvalue weighted by molar-refractivity contribution is 5.73. The maximum absolute atomic E-state index is 11.8. The van der Waals surface area contributed by atoms with Crippen LogP contribution in [0.1, 0.15) is 48.5 Å². The molecule has 0 N–H and O–H groups in total. The fourth-order valence-corrected chi connectivity index (χ4v) is 2.45. The summed E-state index contributed by atoms with van der Waals surface area (Å²) in [5.74, 6) is -0.135. The van der Waals surface area contributed by atoms with Gasteiger partial charge in [-0.3, -0.25) is 9.69 Å². The molecular weight excluding hydrogens is 226 g/mol. The summed E-state index contributed by atoms with van der Waals surface area (Å²) >= 11 is 0. The van der Waals surface area contributed by atoms with Gasteiger partial charge in [0, 0.05) is 12.1 Å². The average molecular weight is 253 g/mol. The molecule has 3 atom stereocenters. The van der Waals surface area contributed by atoms with Crippen LogP contribution in [0.3, 0.4) is 0 Å². The summed E-state index contributed by atoms with van der Waals surface area (Å²) in [4.78, 5) is 14.0. The van der Waals surface area contributed by atoms with Gasteiger partial charge in [-0.2, -0.15) is 0 Å². The molecule has 0 aliphatic carbocycles. The highest BCUT2D eigenvalue weighted by Gasteiger charge is 2.52. The number of nitrogens with zero attached hydrogens (tertiary/aromatic N) is 1. The van der Waals surface area contributed by atoms with Crippen LogP contribution in [0.2, 0.25) is 0 Å². The SMILES string of the molecule is C/C=C/[C@@H]1[C@@H](C(C)(C)C)N1CC(=O)OC(C)(C)C. The van der Waals surface area contributed by atoms with E-state index in [1.54, 1.807) is 0 Å². The predicted molar refractivity (Wildman–Crippen MR) is 74.4 cm³/mol. The van der Waals surface area contributed by atoms with Crippen LogP contribution in [-0.2, 0) is 9.53 Å². The van der Waals surface area contributed by atoms with Gasteiger partial charge >= 0.3 is 5.97 Å². The van der Waals surface area contributed by atoms with Gasteiger partial charge in [-0.1, -0.05) is 32.9 Å². The Morgan fingerprint density at radius 3 is 2.17 bits per heavy atom. The molecule has 0 aromatic rings. The Bertz CT molecular complexity index is 333. The second-order valence-corrected chi connectivity index (χ2v) is 7.09. The van der Waals surface area contributed by atoms with Crippen molar-refractivity contribution in [1.82, 2.24) is 4.90 Å². The zero-order valence-electron chi connectivity index (χ0n) is 12.8. The summed E-state index contributed by atoms with van der Waals surface area (Å²) in [7, 11) is 0. The van der Waals surface area contributed by atoms with Gasteiger partial charge in [0.2, 0.25) is 0 Å². The highest BCUT2D eigenvalue weighted by Crippen LogP contribution is 2.42. The highest BCUT2D eigenvalue weighted by atomic mass is 16.6. The molecular formula is C15H27NO2. The molecule has 1 aliphatic heterocycles.